The number of aryl methyl sites for hydroxylation is 1. The minimum Gasteiger partial charge on any atom is -0.334 e. The van der Waals surface area contributed by atoms with E-state index in [9.17, 15) is 4.79 Å². The summed E-state index contributed by atoms with van der Waals surface area (Å²) in [4.78, 5) is 20.1. The molecule has 1 unspecified atom stereocenters. The van der Waals surface area contributed by atoms with E-state index >= 15 is 0 Å². The molecule has 1 amide bonds. The van der Waals surface area contributed by atoms with Crippen molar-refractivity contribution in [3.63, 3.8) is 0 Å². The van der Waals surface area contributed by atoms with Crippen LogP contribution in [0, 0.1) is 0 Å². The molecule has 0 saturated carbocycles. The number of carbonyl (C=O) groups excluding carboxylic acids is 1. The molecule has 0 aliphatic carbocycles. The van der Waals surface area contributed by atoms with Crippen molar-refractivity contribution in [3.8, 4) is 0 Å². The summed E-state index contributed by atoms with van der Waals surface area (Å²) in [5.74, 6) is 0.144. The van der Waals surface area contributed by atoms with Gasteiger partial charge in [-0.3, -0.25) is 9.20 Å². The summed E-state index contributed by atoms with van der Waals surface area (Å²) in [6.07, 6.45) is 8.25. The van der Waals surface area contributed by atoms with Crippen molar-refractivity contribution in [1.29, 1.82) is 0 Å². The SMILES string of the molecule is CCCc1nc2ccc(Br)cn2c1C(=O)N1CCCCC1CC. The molecule has 0 N–H and O–H groups in total. The van der Waals surface area contributed by atoms with Gasteiger partial charge in [-0.1, -0.05) is 20.3 Å². The van der Waals surface area contributed by atoms with Crippen molar-refractivity contribution in [2.45, 2.75) is 58.4 Å². The van der Waals surface area contributed by atoms with Gasteiger partial charge in [0.1, 0.15) is 11.3 Å². The summed E-state index contributed by atoms with van der Waals surface area (Å²) in [6.45, 7) is 5.17. The Labute approximate surface area is 146 Å². The van der Waals surface area contributed by atoms with Crippen LogP contribution in [0.1, 0.15) is 62.1 Å². The molecule has 23 heavy (non-hydrogen) atoms. The lowest BCUT2D eigenvalue weighted by atomic mass is 9.99. The summed E-state index contributed by atoms with van der Waals surface area (Å²) < 4.78 is 2.92. The number of hydrogen-bond acceptors (Lipinski definition) is 2. The fraction of sp³-hybridized carbons (Fsp3) is 0.556. The Morgan fingerprint density at radius 2 is 2.17 bits per heavy atom. The number of likely N-dealkylation sites (tertiary alicyclic amines) is 1. The largest absolute Gasteiger partial charge is 0.334 e. The van der Waals surface area contributed by atoms with Crippen LogP contribution in [0.25, 0.3) is 5.65 Å². The van der Waals surface area contributed by atoms with Crippen LogP contribution in [0.15, 0.2) is 22.8 Å². The van der Waals surface area contributed by atoms with Gasteiger partial charge >= 0.3 is 0 Å². The molecule has 3 heterocycles. The molecule has 0 radical (unpaired) electrons. The van der Waals surface area contributed by atoms with Gasteiger partial charge < -0.3 is 4.90 Å². The highest BCUT2D eigenvalue weighted by molar-refractivity contribution is 9.10. The molecule has 0 aromatic carbocycles. The Morgan fingerprint density at radius 1 is 1.35 bits per heavy atom. The first-order valence-corrected chi connectivity index (χ1v) is 9.42. The van der Waals surface area contributed by atoms with Gasteiger partial charge in [0.15, 0.2) is 0 Å². The van der Waals surface area contributed by atoms with Gasteiger partial charge in [0.05, 0.1) is 5.69 Å². The van der Waals surface area contributed by atoms with E-state index < -0.39 is 0 Å². The summed E-state index contributed by atoms with van der Waals surface area (Å²) in [6, 6.07) is 4.30. The highest BCUT2D eigenvalue weighted by atomic mass is 79.9. The summed E-state index contributed by atoms with van der Waals surface area (Å²) in [5.41, 5.74) is 2.53. The van der Waals surface area contributed by atoms with Gasteiger partial charge in [0.25, 0.3) is 5.91 Å². The van der Waals surface area contributed by atoms with Crippen LogP contribution in [0.2, 0.25) is 0 Å². The fourth-order valence-corrected chi connectivity index (χ4v) is 3.87. The summed E-state index contributed by atoms with van der Waals surface area (Å²) >= 11 is 3.51. The van der Waals surface area contributed by atoms with Crippen molar-refractivity contribution in [1.82, 2.24) is 14.3 Å². The van der Waals surface area contributed by atoms with E-state index in [0.717, 1.165) is 60.2 Å². The Balaban J connectivity index is 2.07. The van der Waals surface area contributed by atoms with Crippen LogP contribution >= 0.6 is 15.9 Å². The van der Waals surface area contributed by atoms with Crippen LogP contribution in [-0.4, -0.2) is 32.8 Å². The second-order valence-corrected chi connectivity index (χ2v) is 7.20. The number of imidazole rings is 1. The number of pyridine rings is 1. The van der Waals surface area contributed by atoms with Gasteiger partial charge in [-0.05, 0) is 60.2 Å². The van der Waals surface area contributed by atoms with E-state index in [1.807, 2.05) is 22.7 Å². The number of piperidine rings is 1. The number of carbonyl (C=O) groups is 1. The number of hydrogen-bond donors (Lipinski definition) is 0. The zero-order valence-electron chi connectivity index (χ0n) is 13.9. The van der Waals surface area contributed by atoms with Gasteiger partial charge in [-0.15, -0.1) is 0 Å². The van der Waals surface area contributed by atoms with E-state index in [1.54, 1.807) is 0 Å². The highest BCUT2D eigenvalue weighted by Crippen LogP contribution is 2.25. The van der Waals surface area contributed by atoms with Crippen LogP contribution in [0.4, 0.5) is 0 Å². The van der Waals surface area contributed by atoms with Gasteiger partial charge in [-0.2, -0.15) is 0 Å². The maximum absolute atomic E-state index is 13.3. The molecule has 2 aromatic heterocycles. The first kappa shape index (κ1) is 16.5. The van der Waals surface area contributed by atoms with Gasteiger partial charge in [0, 0.05) is 23.3 Å². The Kier molecular flexibility index (Phi) is 5.05. The van der Waals surface area contributed by atoms with Crippen LogP contribution in [0.3, 0.4) is 0 Å². The smallest absolute Gasteiger partial charge is 0.273 e. The van der Waals surface area contributed by atoms with E-state index in [2.05, 4.69) is 34.7 Å². The topological polar surface area (TPSA) is 37.6 Å². The predicted molar refractivity (Wildman–Crippen MR) is 95.9 cm³/mol. The quantitative estimate of drug-likeness (QED) is 0.788. The molecule has 1 atom stereocenters. The summed E-state index contributed by atoms with van der Waals surface area (Å²) in [7, 11) is 0. The number of amides is 1. The van der Waals surface area contributed by atoms with Crippen LogP contribution in [-0.2, 0) is 6.42 Å². The Morgan fingerprint density at radius 3 is 2.91 bits per heavy atom. The predicted octanol–water partition coefficient (Wildman–Crippen LogP) is 4.45. The minimum atomic E-state index is 0.144. The van der Waals surface area contributed by atoms with Gasteiger partial charge in [0.2, 0.25) is 0 Å². The van der Waals surface area contributed by atoms with E-state index in [4.69, 9.17) is 4.98 Å². The van der Waals surface area contributed by atoms with Crippen LogP contribution < -0.4 is 0 Å². The van der Waals surface area contributed by atoms with Crippen molar-refractivity contribution in [3.05, 3.63) is 34.2 Å². The number of fused-ring (bicyclic) bond motifs is 1. The van der Waals surface area contributed by atoms with Crippen LogP contribution in [0.5, 0.6) is 0 Å². The Bertz CT molecular complexity index is 710. The molecule has 3 rings (SSSR count). The Hall–Kier alpha value is -1.36. The standard InChI is InChI=1S/C18H24BrN3O/c1-3-7-15-17(22-12-13(19)9-10-16(22)20-15)18(23)21-11-6-5-8-14(21)4-2/h9-10,12,14H,3-8,11H2,1-2H3. The molecule has 1 aliphatic heterocycles. The fourth-order valence-electron chi connectivity index (χ4n) is 3.53. The second-order valence-electron chi connectivity index (χ2n) is 6.29. The molecule has 4 nitrogen and oxygen atoms in total. The molecule has 124 valence electrons. The summed E-state index contributed by atoms with van der Waals surface area (Å²) in [5, 5.41) is 0. The maximum Gasteiger partial charge on any atom is 0.273 e. The van der Waals surface area contributed by atoms with Crippen molar-refractivity contribution < 1.29 is 4.79 Å². The highest BCUT2D eigenvalue weighted by Gasteiger charge is 2.30. The van der Waals surface area contributed by atoms with Gasteiger partial charge in [-0.25, -0.2) is 4.98 Å². The molecular formula is C18H24BrN3O. The van der Waals surface area contributed by atoms with Crippen molar-refractivity contribution in [2.75, 3.05) is 6.54 Å². The van der Waals surface area contributed by atoms with Crippen molar-refractivity contribution >= 4 is 27.5 Å². The number of halogens is 1. The lowest BCUT2D eigenvalue weighted by Crippen LogP contribution is -2.44. The molecule has 0 bridgehead atoms. The average molecular weight is 378 g/mol. The third-order valence-corrected chi connectivity index (χ3v) is 5.17. The maximum atomic E-state index is 13.3. The monoisotopic (exact) mass is 377 g/mol. The molecular weight excluding hydrogens is 354 g/mol. The zero-order chi connectivity index (χ0) is 16.4. The zero-order valence-corrected chi connectivity index (χ0v) is 15.5. The minimum absolute atomic E-state index is 0.144. The molecule has 1 fully saturated rings. The molecule has 1 aliphatic rings. The first-order chi connectivity index (χ1) is 11.2. The lowest BCUT2D eigenvalue weighted by molar-refractivity contribution is 0.0599. The number of rotatable bonds is 4. The molecule has 1 saturated heterocycles. The molecule has 2 aromatic rings. The van der Waals surface area contributed by atoms with E-state index in [-0.39, 0.29) is 5.91 Å². The molecule has 5 heteroatoms. The lowest BCUT2D eigenvalue weighted by Gasteiger charge is -2.35. The molecule has 0 spiro atoms. The van der Waals surface area contributed by atoms with E-state index in [1.165, 1.54) is 6.42 Å². The first-order valence-electron chi connectivity index (χ1n) is 8.63. The normalized spacial score (nSPS) is 18.6. The second kappa shape index (κ2) is 7.04. The third-order valence-electron chi connectivity index (χ3n) is 4.70. The van der Waals surface area contributed by atoms with E-state index in [0.29, 0.717) is 6.04 Å². The number of nitrogens with zero attached hydrogens (tertiary/aromatic N) is 3. The average Bonchev–Trinajstić information content (AvgIpc) is 2.91. The third kappa shape index (κ3) is 3.16. The number of aromatic nitrogens is 2. The van der Waals surface area contributed by atoms with Crippen molar-refractivity contribution in [2.24, 2.45) is 0 Å².